The molecule has 3 rings (SSSR count). The van der Waals surface area contributed by atoms with Crippen LogP contribution in [-0.4, -0.2) is 68.7 Å². The number of hydrogen-bond acceptors (Lipinski definition) is 4. The third kappa shape index (κ3) is 5.83. The van der Waals surface area contributed by atoms with Crippen molar-refractivity contribution < 1.29 is 4.74 Å². The van der Waals surface area contributed by atoms with Crippen molar-refractivity contribution in [3.05, 3.63) is 35.4 Å². The number of nitrogens with zero attached hydrogens (tertiary/aromatic N) is 4. The zero-order chi connectivity index (χ0) is 17.5. The van der Waals surface area contributed by atoms with Crippen LogP contribution in [0.3, 0.4) is 0 Å². The lowest BCUT2D eigenvalue weighted by Gasteiger charge is -2.29. The smallest absolute Gasteiger partial charge is 0.193 e. The van der Waals surface area contributed by atoms with E-state index in [4.69, 9.17) is 10.00 Å². The summed E-state index contributed by atoms with van der Waals surface area (Å²) in [5.41, 5.74) is 1.80. The van der Waals surface area contributed by atoms with Gasteiger partial charge >= 0.3 is 0 Å². The molecule has 2 heterocycles. The molecule has 0 bridgehead atoms. The van der Waals surface area contributed by atoms with Gasteiger partial charge in [0, 0.05) is 46.3 Å². The van der Waals surface area contributed by atoms with Crippen molar-refractivity contribution in [3.8, 4) is 6.07 Å². The molecular formula is C19H28IN5O. The van der Waals surface area contributed by atoms with Gasteiger partial charge in [-0.15, -0.1) is 24.0 Å². The van der Waals surface area contributed by atoms with Crippen LogP contribution >= 0.6 is 24.0 Å². The first-order valence-corrected chi connectivity index (χ1v) is 9.03. The maximum atomic E-state index is 9.01. The summed E-state index contributed by atoms with van der Waals surface area (Å²) in [4.78, 5) is 9.30. The Morgan fingerprint density at radius 2 is 2.15 bits per heavy atom. The minimum absolute atomic E-state index is 0. The number of likely N-dealkylation sites (tertiary alicyclic amines) is 1. The van der Waals surface area contributed by atoms with E-state index in [1.54, 1.807) is 0 Å². The van der Waals surface area contributed by atoms with E-state index in [0.29, 0.717) is 18.0 Å². The summed E-state index contributed by atoms with van der Waals surface area (Å²) in [6.07, 6.45) is 1.21. The number of rotatable bonds is 4. The monoisotopic (exact) mass is 469 g/mol. The second-order valence-corrected chi connectivity index (χ2v) is 6.73. The molecule has 1 N–H and O–H groups in total. The van der Waals surface area contributed by atoms with Crippen LogP contribution in [-0.2, 0) is 11.3 Å². The first kappa shape index (κ1) is 20.9. The van der Waals surface area contributed by atoms with Gasteiger partial charge in [-0.05, 0) is 30.0 Å². The van der Waals surface area contributed by atoms with Gasteiger partial charge in [0.15, 0.2) is 5.96 Å². The standard InChI is InChI=1S/C19H27N5O.HI/c1-21-19(22-13-17-4-2-3-16(11-17)12-20)24-6-5-18(15-24)14-23-7-9-25-10-8-23;/h2-4,11,18H,5-10,13-15H2,1H3,(H,21,22);1H. The summed E-state index contributed by atoms with van der Waals surface area (Å²) in [7, 11) is 1.84. The Hall–Kier alpha value is -1.37. The highest BCUT2D eigenvalue weighted by atomic mass is 127. The fraction of sp³-hybridized carbons (Fsp3) is 0.579. The van der Waals surface area contributed by atoms with Crippen molar-refractivity contribution in [3.63, 3.8) is 0 Å². The molecule has 1 aromatic carbocycles. The summed E-state index contributed by atoms with van der Waals surface area (Å²) in [5, 5.41) is 12.4. The molecule has 6 nitrogen and oxygen atoms in total. The Balaban J connectivity index is 0.00000243. The van der Waals surface area contributed by atoms with Gasteiger partial charge in [0.1, 0.15) is 0 Å². The lowest BCUT2D eigenvalue weighted by Crippen LogP contribution is -2.42. The Kier molecular flexibility index (Phi) is 8.62. The average Bonchev–Trinajstić information content (AvgIpc) is 3.11. The molecule has 2 saturated heterocycles. The number of hydrogen-bond donors (Lipinski definition) is 1. The molecule has 0 radical (unpaired) electrons. The van der Waals surface area contributed by atoms with Crippen molar-refractivity contribution in [2.24, 2.45) is 10.9 Å². The molecule has 0 saturated carbocycles. The van der Waals surface area contributed by atoms with E-state index in [9.17, 15) is 0 Å². The molecule has 1 unspecified atom stereocenters. The van der Waals surface area contributed by atoms with E-state index in [-0.39, 0.29) is 24.0 Å². The normalized spacial score (nSPS) is 21.2. The third-order valence-electron chi connectivity index (χ3n) is 4.92. The SMILES string of the molecule is CN=C(NCc1cccc(C#N)c1)N1CCC(CN2CCOCC2)C1.I. The molecule has 2 aliphatic rings. The molecule has 1 atom stereocenters. The molecule has 7 heteroatoms. The molecule has 142 valence electrons. The predicted octanol–water partition coefficient (Wildman–Crippen LogP) is 1.91. The summed E-state index contributed by atoms with van der Waals surface area (Å²) >= 11 is 0. The Morgan fingerprint density at radius 3 is 2.88 bits per heavy atom. The second kappa shape index (κ2) is 10.7. The van der Waals surface area contributed by atoms with Crippen molar-refractivity contribution in [2.75, 3.05) is 53.0 Å². The average molecular weight is 469 g/mol. The number of nitriles is 1. The minimum atomic E-state index is 0. The van der Waals surface area contributed by atoms with Crippen LogP contribution < -0.4 is 5.32 Å². The van der Waals surface area contributed by atoms with Crippen LogP contribution in [0.5, 0.6) is 0 Å². The van der Waals surface area contributed by atoms with Gasteiger partial charge < -0.3 is 15.0 Å². The van der Waals surface area contributed by atoms with Gasteiger partial charge in [-0.2, -0.15) is 5.26 Å². The van der Waals surface area contributed by atoms with Crippen LogP contribution in [0.25, 0.3) is 0 Å². The highest BCUT2D eigenvalue weighted by Crippen LogP contribution is 2.18. The molecular weight excluding hydrogens is 441 g/mol. The van der Waals surface area contributed by atoms with Crippen LogP contribution in [0, 0.1) is 17.2 Å². The van der Waals surface area contributed by atoms with E-state index in [0.717, 1.165) is 57.5 Å². The fourth-order valence-corrected chi connectivity index (χ4v) is 3.59. The molecule has 0 aliphatic carbocycles. The largest absolute Gasteiger partial charge is 0.379 e. The van der Waals surface area contributed by atoms with Gasteiger partial charge in [0.25, 0.3) is 0 Å². The Morgan fingerprint density at radius 1 is 1.35 bits per heavy atom. The van der Waals surface area contributed by atoms with Crippen LogP contribution in [0.2, 0.25) is 0 Å². The summed E-state index contributed by atoms with van der Waals surface area (Å²) in [6, 6.07) is 9.89. The molecule has 2 aliphatic heterocycles. The molecule has 0 spiro atoms. The minimum Gasteiger partial charge on any atom is -0.379 e. The number of guanidine groups is 1. The van der Waals surface area contributed by atoms with Crippen molar-refractivity contribution in [1.29, 1.82) is 5.26 Å². The second-order valence-electron chi connectivity index (χ2n) is 6.73. The topological polar surface area (TPSA) is 63.9 Å². The zero-order valence-electron chi connectivity index (χ0n) is 15.4. The van der Waals surface area contributed by atoms with Crippen molar-refractivity contribution in [2.45, 2.75) is 13.0 Å². The van der Waals surface area contributed by atoms with Crippen LogP contribution in [0.15, 0.2) is 29.3 Å². The third-order valence-corrected chi connectivity index (χ3v) is 4.92. The van der Waals surface area contributed by atoms with Gasteiger partial charge in [0.05, 0.1) is 24.8 Å². The lowest BCUT2D eigenvalue weighted by atomic mass is 10.1. The van der Waals surface area contributed by atoms with E-state index in [1.165, 1.54) is 6.42 Å². The zero-order valence-corrected chi connectivity index (χ0v) is 17.7. The molecule has 26 heavy (non-hydrogen) atoms. The van der Waals surface area contributed by atoms with Crippen molar-refractivity contribution >= 4 is 29.9 Å². The van der Waals surface area contributed by atoms with Gasteiger partial charge in [-0.3, -0.25) is 9.89 Å². The number of morpholine rings is 1. The maximum absolute atomic E-state index is 9.01. The summed E-state index contributed by atoms with van der Waals surface area (Å²) < 4.78 is 5.43. The van der Waals surface area contributed by atoms with Gasteiger partial charge in [-0.25, -0.2) is 0 Å². The number of nitrogens with one attached hydrogen (secondary N) is 1. The maximum Gasteiger partial charge on any atom is 0.193 e. The number of benzene rings is 1. The number of ether oxygens (including phenoxy) is 1. The van der Waals surface area contributed by atoms with Crippen LogP contribution in [0.1, 0.15) is 17.5 Å². The summed E-state index contributed by atoms with van der Waals surface area (Å²) in [6.45, 7) is 7.77. The van der Waals surface area contributed by atoms with E-state index in [2.05, 4.69) is 26.2 Å². The Bertz CT molecular complexity index is 639. The number of aliphatic imine (C=N–C) groups is 1. The molecule has 0 amide bonds. The van der Waals surface area contributed by atoms with Gasteiger partial charge in [-0.1, -0.05) is 12.1 Å². The lowest BCUT2D eigenvalue weighted by molar-refractivity contribution is 0.0315. The summed E-state index contributed by atoms with van der Waals surface area (Å²) in [5.74, 6) is 1.64. The molecule has 0 aromatic heterocycles. The highest BCUT2D eigenvalue weighted by molar-refractivity contribution is 14.0. The first-order valence-electron chi connectivity index (χ1n) is 9.03. The molecule has 1 aromatic rings. The quantitative estimate of drug-likeness (QED) is 0.415. The van der Waals surface area contributed by atoms with E-state index < -0.39 is 0 Å². The highest BCUT2D eigenvalue weighted by Gasteiger charge is 2.26. The van der Waals surface area contributed by atoms with Crippen molar-refractivity contribution in [1.82, 2.24) is 15.1 Å². The van der Waals surface area contributed by atoms with Gasteiger partial charge in [0.2, 0.25) is 0 Å². The van der Waals surface area contributed by atoms with Crippen LogP contribution in [0.4, 0.5) is 0 Å². The molecule has 2 fully saturated rings. The Labute approximate surface area is 173 Å². The van der Waals surface area contributed by atoms with E-state index in [1.807, 2.05) is 31.3 Å². The fourth-order valence-electron chi connectivity index (χ4n) is 3.59. The van der Waals surface area contributed by atoms with E-state index >= 15 is 0 Å². The predicted molar refractivity (Wildman–Crippen MR) is 114 cm³/mol. The number of halogens is 1. The first-order chi connectivity index (χ1) is 12.3.